The van der Waals surface area contributed by atoms with Gasteiger partial charge in [-0.05, 0) is 91.2 Å². The van der Waals surface area contributed by atoms with Crippen molar-refractivity contribution in [3.05, 3.63) is 84.2 Å². The van der Waals surface area contributed by atoms with Gasteiger partial charge in [0.1, 0.15) is 23.3 Å². The molecule has 2 fully saturated rings. The Morgan fingerprint density at radius 1 is 0.556 bits per heavy atom. The topological polar surface area (TPSA) is 153 Å². The second-order valence-electron chi connectivity index (χ2n) is 22.3. The highest BCUT2D eigenvalue weighted by atomic mass is 33.1. The van der Waals surface area contributed by atoms with E-state index in [2.05, 4.69) is 56.4 Å². The monoisotopic (exact) mass is 1020 g/mol. The lowest BCUT2D eigenvalue weighted by Crippen LogP contribution is -2.54. The number of benzene rings is 2. The van der Waals surface area contributed by atoms with Crippen LogP contribution in [0.5, 0.6) is 0 Å². The highest BCUT2D eigenvalue weighted by Crippen LogP contribution is 2.39. The number of carbonyl (C=O) groups is 4. The van der Waals surface area contributed by atoms with Crippen LogP contribution in [0.3, 0.4) is 0 Å². The third kappa shape index (κ3) is 14.4. The number of amides is 4. The fourth-order valence-electron chi connectivity index (χ4n) is 11.0. The highest BCUT2D eigenvalue weighted by Gasteiger charge is 2.40. The molecule has 2 aromatic heterocycles. The maximum atomic E-state index is 15.1. The summed E-state index contributed by atoms with van der Waals surface area (Å²) in [5.74, 6) is 1.26. The molecule has 4 amide bonds. The van der Waals surface area contributed by atoms with Crippen molar-refractivity contribution in [1.82, 2.24) is 40.0 Å². The minimum atomic E-state index is -0.934. The first-order valence-electron chi connectivity index (χ1n) is 26.7. The summed E-state index contributed by atoms with van der Waals surface area (Å²) >= 11 is 0. The van der Waals surface area contributed by atoms with Gasteiger partial charge in [0.15, 0.2) is 0 Å². The average Bonchev–Trinajstić information content (AvgIpc) is 4.01. The van der Waals surface area contributed by atoms with E-state index < -0.39 is 35.5 Å². The second-order valence-corrected chi connectivity index (χ2v) is 24.9. The molecule has 14 nitrogen and oxygen atoms in total. The summed E-state index contributed by atoms with van der Waals surface area (Å²) in [6, 6.07) is 22.2. The predicted octanol–water partition coefficient (Wildman–Crippen LogP) is 11.8. The Hall–Kier alpha value is -4.96. The molecule has 4 aliphatic rings. The number of fused-ring (bicyclic) bond motifs is 2. The third-order valence-corrected chi connectivity index (χ3v) is 17.0. The summed E-state index contributed by atoms with van der Waals surface area (Å²) in [7, 11) is 2.79. The lowest BCUT2D eigenvalue weighted by Gasteiger charge is -2.39. The Balaban J connectivity index is 1.02. The van der Waals surface area contributed by atoms with Crippen molar-refractivity contribution in [3.63, 3.8) is 0 Å². The standard InChI is InChI=1S/C56H78N8O6S2/c1-55(2,3)69-53(67)57-45(51(65)61-31-33-63-49(35-43(59-63)41-23-15-9-16-24-41)47(61)29-27-39-19-11-7-12-20-39)37-71-72-38-46(58-54(68)70-56(4,5)6)52(66)62-32-34-64-50(36-44(60-64)42-25-17-10-18-26-42)48(62)30-28-40-21-13-8-14-22-40/h9-10,15-18,23-26,35-36,39-40,45-48H,7-8,11-14,19-22,27-34,37-38H2,1-6H3,(H,57,67)(H,58,68)/t45-,46-,47?,48?/m0/s1. The predicted molar refractivity (Wildman–Crippen MR) is 287 cm³/mol. The van der Waals surface area contributed by atoms with E-state index in [-0.39, 0.29) is 35.4 Å². The van der Waals surface area contributed by atoms with Gasteiger partial charge in [-0.1, -0.05) is 146 Å². The van der Waals surface area contributed by atoms with Gasteiger partial charge in [0.2, 0.25) is 11.8 Å². The molecule has 72 heavy (non-hydrogen) atoms. The molecule has 2 N–H and O–H groups in total. The Kier molecular flexibility index (Phi) is 18.1. The van der Waals surface area contributed by atoms with Gasteiger partial charge in [0, 0.05) is 35.7 Å². The molecule has 16 heteroatoms. The summed E-state index contributed by atoms with van der Waals surface area (Å²) in [5.41, 5.74) is 4.26. The van der Waals surface area contributed by atoms with E-state index >= 15 is 9.59 Å². The molecule has 0 bridgehead atoms. The summed E-state index contributed by atoms with van der Waals surface area (Å²) < 4.78 is 15.6. The summed E-state index contributed by atoms with van der Waals surface area (Å²) in [5, 5.41) is 16.0. The van der Waals surface area contributed by atoms with Crippen molar-refractivity contribution in [3.8, 4) is 22.5 Å². The zero-order chi connectivity index (χ0) is 50.8. The van der Waals surface area contributed by atoms with Crippen molar-refractivity contribution in [2.45, 2.75) is 180 Å². The van der Waals surface area contributed by atoms with Crippen LogP contribution in [-0.2, 0) is 32.2 Å². The first kappa shape index (κ1) is 53.3. The first-order valence-corrected chi connectivity index (χ1v) is 29.2. The van der Waals surface area contributed by atoms with Crippen LogP contribution in [0.1, 0.15) is 155 Å². The van der Waals surface area contributed by atoms with Crippen LogP contribution in [0.15, 0.2) is 72.8 Å². The van der Waals surface area contributed by atoms with Gasteiger partial charge in [-0.3, -0.25) is 19.0 Å². The Labute approximate surface area is 435 Å². The Morgan fingerprint density at radius 2 is 0.931 bits per heavy atom. The number of hydrogen-bond donors (Lipinski definition) is 2. The van der Waals surface area contributed by atoms with Crippen LogP contribution in [0.25, 0.3) is 22.5 Å². The van der Waals surface area contributed by atoms with E-state index in [1.54, 1.807) is 41.5 Å². The molecule has 4 heterocycles. The van der Waals surface area contributed by atoms with Crippen molar-refractivity contribution in [2.24, 2.45) is 11.8 Å². The second kappa shape index (κ2) is 24.4. The maximum absolute atomic E-state index is 15.1. The SMILES string of the molecule is CC(C)(C)OC(=O)N[C@@H](CSSC[C@H](NC(=O)OC(C)(C)C)C(=O)N1CCn2nc(-c3ccccc3)cc2C1CCC1CCCCC1)C(=O)N1CCn2nc(-c3ccccc3)cc2C1CCC1CCCCC1. The number of aromatic nitrogens is 4. The van der Waals surface area contributed by atoms with Crippen LogP contribution in [0.2, 0.25) is 0 Å². The molecule has 2 aromatic carbocycles. The Morgan fingerprint density at radius 3 is 1.29 bits per heavy atom. The van der Waals surface area contributed by atoms with E-state index in [9.17, 15) is 9.59 Å². The van der Waals surface area contributed by atoms with Gasteiger partial charge in [0.05, 0.1) is 47.9 Å². The first-order chi connectivity index (χ1) is 34.6. The number of alkyl carbamates (subject to hydrolysis) is 2. The molecule has 390 valence electrons. The molecule has 2 saturated carbocycles. The molecule has 4 aromatic rings. The third-order valence-electron chi connectivity index (χ3n) is 14.5. The zero-order valence-electron chi connectivity index (χ0n) is 43.5. The lowest BCUT2D eigenvalue weighted by atomic mass is 9.84. The van der Waals surface area contributed by atoms with Gasteiger partial charge in [-0.15, -0.1) is 0 Å². The molecule has 2 aliphatic heterocycles. The van der Waals surface area contributed by atoms with Crippen LogP contribution in [0, 0.1) is 11.8 Å². The highest BCUT2D eigenvalue weighted by molar-refractivity contribution is 8.76. The number of nitrogens with zero attached hydrogens (tertiary/aromatic N) is 6. The van der Waals surface area contributed by atoms with Crippen LogP contribution in [0.4, 0.5) is 9.59 Å². The molecule has 0 radical (unpaired) electrons. The molecular formula is C56H78N8O6S2. The van der Waals surface area contributed by atoms with Crippen molar-refractivity contribution in [1.29, 1.82) is 0 Å². The van der Waals surface area contributed by atoms with Gasteiger partial charge in [-0.25, -0.2) is 9.59 Å². The van der Waals surface area contributed by atoms with Crippen molar-refractivity contribution >= 4 is 45.6 Å². The Bertz CT molecular complexity index is 2250. The van der Waals surface area contributed by atoms with E-state index in [4.69, 9.17) is 19.7 Å². The number of nitrogens with one attached hydrogen (secondary N) is 2. The summed E-state index contributed by atoms with van der Waals surface area (Å²) in [6.45, 7) is 12.8. The molecule has 2 unspecified atom stereocenters. The molecular weight excluding hydrogens is 945 g/mol. The van der Waals surface area contributed by atoms with Crippen molar-refractivity contribution < 1.29 is 28.7 Å². The molecule has 4 atom stereocenters. The molecule has 0 saturated heterocycles. The lowest BCUT2D eigenvalue weighted by molar-refractivity contribution is -0.137. The van der Waals surface area contributed by atoms with Crippen LogP contribution < -0.4 is 10.6 Å². The smallest absolute Gasteiger partial charge is 0.408 e. The van der Waals surface area contributed by atoms with E-state index in [0.717, 1.165) is 59.6 Å². The quantitative estimate of drug-likeness (QED) is 0.0772. The maximum Gasteiger partial charge on any atom is 0.408 e. The minimum absolute atomic E-state index is 0.184. The van der Waals surface area contributed by atoms with Gasteiger partial charge in [0.25, 0.3) is 0 Å². The molecule has 8 rings (SSSR count). The van der Waals surface area contributed by atoms with Crippen LogP contribution >= 0.6 is 21.6 Å². The van der Waals surface area contributed by atoms with E-state index in [0.29, 0.717) is 38.0 Å². The van der Waals surface area contributed by atoms with Crippen LogP contribution in [-0.4, -0.2) is 101 Å². The molecule has 2 aliphatic carbocycles. The largest absolute Gasteiger partial charge is 0.444 e. The number of rotatable bonds is 17. The fourth-order valence-corrected chi connectivity index (χ4v) is 13.4. The average molecular weight is 1020 g/mol. The van der Waals surface area contributed by atoms with Gasteiger partial charge in [-0.2, -0.15) is 10.2 Å². The number of carbonyl (C=O) groups excluding carboxylic acids is 4. The van der Waals surface area contributed by atoms with E-state index in [1.165, 1.54) is 85.8 Å². The molecule has 0 spiro atoms. The summed E-state index contributed by atoms with van der Waals surface area (Å²) in [4.78, 5) is 61.3. The van der Waals surface area contributed by atoms with Crippen molar-refractivity contribution in [2.75, 3.05) is 24.6 Å². The van der Waals surface area contributed by atoms with Gasteiger partial charge < -0.3 is 29.9 Å². The normalized spacial score (nSPS) is 19.7. The number of hydrogen-bond acceptors (Lipinski definition) is 10. The van der Waals surface area contributed by atoms with E-state index in [1.807, 2.05) is 46.2 Å². The summed E-state index contributed by atoms with van der Waals surface area (Å²) in [6.07, 6.45) is 14.6. The zero-order valence-corrected chi connectivity index (χ0v) is 45.1. The minimum Gasteiger partial charge on any atom is -0.444 e. The van der Waals surface area contributed by atoms with Gasteiger partial charge >= 0.3 is 12.2 Å². The number of ether oxygens (including phenoxy) is 2. The fraction of sp³-hybridized carbons (Fsp3) is 0.607.